The lowest BCUT2D eigenvalue weighted by atomic mass is 10.1. The second kappa shape index (κ2) is 7.95. The minimum Gasteiger partial charge on any atom is -0.256 e. The highest BCUT2D eigenvalue weighted by atomic mass is 32.2. The fourth-order valence-electron chi connectivity index (χ4n) is 2.65. The van der Waals surface area contributed by atoms with Gasteiger partial charge < -0.3 is 0 Å². The van der Waals surface area contributed by atoms with E-state index in [1.807, 2.05) is 38.1 Å². The minimum atomic E-state index is -3.29. The van der Waals surface area contributed by atoms with Gasteiger partial charge in [0.25, 0.3) is 0 Å². The largest absolute Gasteiger partial charge is 0.256 e. The Morgan fingerprint density at radius 3 is 2.36 bits per heavy atom. The Kier molecular flexibility index (Phi) is 5.62. The number of aryl methyl sites for hydroxylation is 2. The Labute approximate surface area is 169 Å². The average Bonchev–Trinajstić information content (AvgIpc) is 2.67. The Bertz CT molecular complexity index is 1180. The average molecular weight is 395 g/mol. The van der Waals surface area contributed by atoms with E-state index in [4.69, 9.17) is 0 Å². The van der Waals surface area contributed by atoms with E-state index in [9.17, 15) is 8.42 Å². The molecule has 0 atom stereocenters. The van der Waals surface area contributed by atoms with Gasteiger partial charge in [0.1, 0.15) is 5.69 Å². The molecule has 0 saturated carbocycles. The van der Waals surface area contributed by atoms with Crippen LogP contribution in [0, 0.1) is 25.7 Å². The molecule has 0 aliphatic carbocycles. The number of hydrogen-bond acceptors (Lipinski definition) is 4. The molecule has 0 unspecified atom stereocenters. The van der Waals surface area contributed by atoms with Crippen molar-refractivity contribution < 1.29 is 11.3 Å². The predicted octanol–water partition coefficient (Wildman–Crippen LogP) is 4.83. The molecule has 1 heterocycles. The molecular weight excluding hydrogens is 368 g/mol. The van der Waals surface area contributed by atoms with Crippen LogP contribution < -0.4 is 0 Å². The highest BCUT2D eigenvalue weighted by molar-refractivity contribution is 7.92. The Morgan fingerprint density at radius 2 is 1.71 bits per heavy atom. The van der Waals surface area contributed by atoms with Crippen LogP contribution in [0.1, 0.15) is 39.2 Å². The second-order valence-corrected chi connectivity index (χ2v) is 9.43. The Morgan fingerprint density at radius 1 is 1.00 bits per heavy atom. The molecule has 0 spiro atoms. The van der Waals surface area contributed by atoms with E-state index in [0.717, 1.165) is 22.4 Å². The molecule has 0 radical (unpaired) electrons. The first kappa shape index (κ1) is 19.8. The van der Waals surface area contributed by atoms with Gasteiger partial charge in [0.15, 0.2) is 9.84 Å². The molecule has 0 aliphatic heterocycles. The smallest absolute Gasteiger partial charge is 0.180 e. The lowest BCUT2D eigenvalue weighted by Crippen LogP contribution is -2.13. The molecule has 4 nitrogen and oxygen atoms in total. The molecule has 2 aromatic carbocycles. The van der Waals surface area contributed by atoms with Gasteiger partial charge in [0.2, 0.25) is 0 Å². The normalized spacial score (nSPS) is 11.2. The molecule has 146 valence electrons. The van der Waals surface area contributed by atoms with E-state index in [2.05, 4.69) is 21.8 Å². The fraction of sp³-hybridized carbons (Fsp3) is 0.217. The summed E-state index contributed by atoms with van der Waals surface area (Å²) in [5.74, 6) is 6.23. The molecule has 0 saturated heterocycles. The van der Waals surface area contributed by atoms with Crippen LogP contribution in [0.2, 0.25) is 0 Å². The van der Waals surface area contributed by atoms with Gasteiger partial charge in [-0.3, -0.25) is 4.98 Å². The highest BCUT2D eigenvalue weighted by Gasteiger charge is 2.19. The molecule has 0 amide bonds. The highest BCUT2D eigenvalue weighted by Crippen LogP contribution is 2.22. The van der Waals surface area contributed by atoms with E-state index in [1.165, 1.54) is 0 Å². The summed E-state index contributed by atoms with van der Waals surface area (Å²) in [5, 5.41) is -0.457. The molecule has 3 aromatic rings. The van der Waals surface area contributed by atoms with Crippen molar-refractivity contribution in [1.29, 1.82) is 0 Å². The predicted molar refractivity (Wildman–Crippen MR) is 116 cm³/mol. The molecule has 5 heteroatoms. The van der Waals surface area contributed by atoms with Crippen LogP contribution in [0.3, 0.4) is 0 Å². The summed E-state index contributed by atoms with van der Waals surface area (Å²) >= 11 is 0. The van der Waals surface area contributed by atoms with E-state index >= 15 is 0 Å². The molecular formula is C23H26N2O2S. The van der Waals surface area contributed by atoms with Crippen molar-refractivity contribution in [2.75, 3.05) is 0 Å². The Balaban J connectivity index is 0.00000225. The molecule has 3 rings (SSSR count). The van der Waals surface area contributed by atoms with Gasteiger partial charge in [-0.15, -0.1) is 0 Å². The van der Waals surface area contributed by atoms with E-state index < -0.39 is 15.1 Å². The summed E-state index contributed by atoms with van der Waals surface area (Å²) in [4.78, 5) is 9.33. The maximum atomic E-state index is 12.3. The second-order valence-electron chi connectivity index (χ2n) is 6.93. The standard InChI is InChI=1S/C23H22N2O2S.2H2/c1-16(2)28(26,27)21-11-9-20(10-12-21)23-15-24-18(4)22(25-23)13-8-19-7-5-6-17(3)14-19;;/h5-7,9-12,14-16H,1-4H3;2*1H. The monoisotopic (exact) mass is 394 g/mol. The summed E-state index contributed by atoms with van der Waals surface area (Å²) in [6, 6.07) is 14.7. The quantitative estimate of drug-likeness (QED) is 0.597. The maximum Gasteiger partial charge on any atom is 0.180 e. The SMILES string of the molecule is Cc1cccc(C#Cc2nc(-c3ccc(S(=O)(=O)C(C)C)cc3)cnc2C)c1.[HH].[HH]. The lowest BCUT2D eigenvalue weighted by Gasteiger charge is -2.09. The third-order valence-corrected chi connectivity index (χ3v) is 6.57. The van der Waals surface area contributed by atoms with Crippen molar-refractivity contribution in [3.8, 4) is 23.1 Å². The van der Waals surface area contributed by atoms with Crippen LogP contribution in [0.5, 0.6) is 0 Å². The summed E-state index contributed by atoms with van der Waals surface area (Å²) in [6.45, 7) is 7.25. The number of nitrogens with zero attached hydrogens (tertiary/aromatic N) is 2. The van der Waals surface area contributed by atoms with Gasteiger partial charge >= 0.3 is 0 Å². The summed E-state index contributed by atoms with van der Waals surface area (Å²) in [6.07, 6.45) is 1.68. The third-order valence-electron chi connectivity index (χ3n) is 4.40. The van der Waals surface area contributed by atoms with Gasteiger partial charge in [-0.25, -0.2) is 13.4 Å². The van der Waals surface area contributed by atoms with Gasteiger partial charge in [-0.05, 0) is 63.4 Å². The van der Waals surface area contributed by atoms with Crippen molar-refractivity contribution in [2.45, 2.75) is 37.8 Å². The topological polar surface area (TPSA) is 59.9 Å². The summed E-state index contributed by atoms with van der Waals surface area (Å²) < 4.78 is 24.6. The zero-order valence-electron chi connectivity index (χ0n) is 16.4. The summed E-state index contributed by atoms with van der Waals surface area (Å²) in [7, 11) is -3.29. The van der Waals surface area contributed by atoms with Crippen molar-refractivity contribution in [1.82, 2.24) is 9.97 Å². The van der Waals surface area contributed by atoms with Crippen LogP contribution in [-0.4, -0.2) is 23.6 Å². The van der Waals surface area contributed by atoms with Crippen LogP contribution >= 0.6 is 0 Å². The number of benzene rings is 2. The van der Waals surface area contributed by atoms with Crippen molar-refractivity contribution in [3.63, 3.8) is 0 Å². The molecule has 28 heavy (non-hydrogen) atoms. The maximum absolute atomic E-state index is 12.3. The summed E-state index contributed by atoms with van der Waals surface area (Å²) in [5.41, 5.74) is 4.90. The van der Waals surface area contributed by atoms with Crippen molar-refractivity contribution in [2.24, 2.45) is 0 Å². The van der Waals surface area contributed by atoms with E-state index in [0.29, 0.717) is 16.3 Å². The van der Waals surface area contributed by atoms with Gasteiger partial charge in [-0.2, -0.15) is 0 Å². The number of hydrogen-bond donors (Lipinski definition) is 0. The first-order chi connectivity index (χ1) is 13.3. The van der Waals surface area contributed by atoms with Gasteiger partial charge in [0.05, 0.1) is 27.7 Å². The van der Waals surface area contributed by atoms with Crippen LogP contribution in [-0.2, 0) is 9.84 Å². The van der Waals surface area contributed by atoms with Crippen LogP contribution in [0.4, 0.5) is 0 Å². The molecule has 1 aromatic heterocycles. The van der Waals surface area contributed by atoms with Crippen LogP contribution in [0.15, 0.2) is 59.6 Å². The zero-order chi connectivity index (χ0) is 20.3. The molecule has 0 aliphatic rings. The molecule has 0 fully saturated rings. The molecule has 0 bridgehead atoms. The van der Waals surface area contributed by atoms with Crippen molar-refractivity contribution >= 4 is 9.84 Å². The number of rotatable bonds is 3. The Hall–Kier alpha value is -2.97. The van der Waals surface area contributed by atoms with E-state index in [1.54, 1.807) is 44.3 Å². The molecule has 0 N–H and O–H groups in total. The number of sulfone groups is 1. The van der Waals surface area contributed by atoms with Gasteiger partial charge in [-0.1, -0.05) is 30.2 Å². The number of aromatic nitrogens is 2. The van der Waals surface area contributed by atoms with Gasteiger partial charge in [0, 0.05) is 14.0 Å². The van der Waals surface area contributed by atoms with E-state index in [-0.39, 0.29) is 2.85 Å². The first-order valence-electron chi connectivity index (χ1n) is 9.04. The third kappa shape index (κ3) is 4.29. The minimum absolute atomic E-state index is 0. The zero-order valence-corrected chi connectivity index (χ0v) is 17.2. The van der Waals surface area contributed by atoms with Crippen molar-refractivity contribution in [3.05, 3.63) is 77.2 Å². The van der Waals surface area contributed by atoms with Crippen LogP contribution in [0.25, 0.3) is 11.3 Å². The lowest BCUT2D eigenvalue weighted by molar-refractivity contribution is 0.587. The first-order valence-corrected chi connectivity index (χ1v) is 10.6. The fourth-order valence-corrected chi connectivity index (χ4v) is 3.71.